The number of carbonyl (C=O) groups is 1. The molecule has 1 N–H and O–H groups in total. The van der Waals surface area contributed by atoms with Gasteiger partial charge in [-0.25, -0.2) is 13.8 Å². The number of aromatic nitrogens is 4. The van der Waals surface area contributed by atoms with Crippen LogP contribution in [0.4, 0.5) is 8.78 Å². The molecule has 1 aromatic carbocycles. The van der Waals surface area contributed by atoms with Gasteiger partial charge in [0.05, 0.1) is 41.7 Å². The van der Waals surface area contributed by atoms with E-state index in [0.29, 0.717) is 56.9 Å². The van der Waals surface area contributed by atoms with Crippen LogP contribution in [0.5, 0.6) is 5.75 Å². The Morgan fingerprint density at radius 3 is 2.84 bits per heavy atom. The number of nitriles is 1. The maximum absolute atomic E-state index is 15.8. The van der Waals surface area contributed by atoms with Crippen molar-refractivity contribution in [2.45, 2.75) is 19.5 Å². The SMILES string of the molecule is C=CC(=O)N1CCn2nc(-c3nc(-c4cncc(C#N)c4)c4ccsc4c3-c3c(F)cc(F)cc3OCCO)cc2[C@H]1C. The standard InChI is InChI=1S/C31H24F2N6O3S/c1-3-26(41)38-5-6-39-24(17(38)2)13-23(37-39)30-28(27-22(33)11-20(32)12-25(27)42-8-7-40)31-21(4-9-43-31)29(36-30)19-10-18(14-34)15-35-16-19/h3-4,9-13,15-17,40H,1,5-8H2,2H3/t17-/m1/s1. The second-order valence-electron chi connectivity index (χ2n) is 9.84. The molecule has 5 heterocycles. The summed E-state index contributed by atoms with van der Waals surface area (Å²) in [5.74, 6) is -2.00. The van der Waals surface area contributed by atoms with Crippen LogP contribution >= 0.6 is 11.3 Å². The molecule has 0 saturated carbocycles. The van der Waals surface area contributed by atoms with E-state index in [1.54, 1.807) is 21.8 Å². The van der Waals surface area contributed by atoms with E-state index in [0.717, 1.165) is 17.8 Å². The maximum atomic E-state index is 15.8. The van der Waals surface area contributed by atoms with Gasteiger partial charge in [0.25, 0.3) is 0 Å². The number of fused-ring (bicyclic) bond motifs is 2. The number of hydrogen-bond donors (Lipinski definition) is 1. The average molecular weight is 599 g/mol. The minimum atomic E-state index is -0.869. The first-order chi connectivity index (χ1) is 20.8. The van der Waals surface area contributed by atoms with Gasteiger partial charge >= 0.3 is 0 Å². The van der Waals surface area contributed by atoms with Gasteiger partial charge in [0, 0.05) is 52.3 Å². The molecule has 216 valence electrons. The summed E-state index contributed by atoms with van der Waals surface area (Å²) in [6, 6.07) is 8.93. The van der Waals surface area contributed by atoms with E-state index in [9.17, 15) is 19.6 Å². The zero-order valence-corrected chi connectivity index (χ0v) is 23.7. The number of hydrogen-bond acceptors (Lipinski definition) is 8. The van der Waals surface area contributed by atoms with Crippen LogP contribution in [0, 0.1) is 23.0 Å². The Morgan fingerprint density at radius 2 is 2.07 bits per heavy atom. The predicted octanol–water partition coefficient (Wildman–Crippen LogP) is 5.50. The number of pyridine rings is 2. The first kappa shape index (κ1) is 28.1. The lowest BCUT2D eigenvalue weighted by Crippen LogP contribution is -2.40. The van der Waals surface area contributed by atoms with Crippen molar-refractivity contribution in [3.05, 3.63) is 83.7 Å². The zero-order valence-electron chi connectivity index (χ0n) is 22.9. The van der Waals surface area contributed by atoms with E-state index in [4.69, 9.17) is 14.8 Å². The van der Waals surface area contributed by atoms with E-state index in [2.05, 4.69) is 17.6 Å². The maximum Gasteiger partial charge on any atom is 0.246 e. The lowest BCUT2D eigenvalue weighted by atomic mass is 9.96. The highest BCUT2D eigenvalue weighted by atomic mass is 32.1. The largest absolute Gasteiger partial charge is 0.490 e. The van der Waals surface area contributed by atoms with Crippen LogP contribution < -0.4 is 4.74 Å². The summed E-state index contributed by atoms with van der Waals surface area (Å²) >= 11 is 1.34. The molecule has 0 spiro atoms. The molecule has 43 heavy (non-hydrogen) atoms. The number of benzene rings is 1. The van der Waals surface area contributed by atoms with Crippen molar-refractivity contribution in [2.24, 2.45) is 0 Å². The Balaban J connectivity index is 1.66. The van der Waals surface area contributed by atoms with Crippen LogP contribution in [0.25, 0.3) is 43.9 Å². The number of aliphatic hydroxyl groups is 1. The number of ether oxygens (including phenoxy) is 1. The van der Waals surface area contributed by atoms with Crippen LogP contribution in [0.2, 0.25) is 0 Å². The lowest BCUT2D eigenvalue weighted by Gasteiger charge is -2.33. The van der Waals surface area contributed by atoms with Crippen molar-refractivity contribution in [1.82, 2.24) is 24.6 Å². The topological polar surface area (TPSA) is 117 Å². The highest BCUT2D eigenvalue weighted by Gasteiger charge is 2.31. The number of aliphatic hydroxyl groups excluding tert-OH is 1. The van der Waals surface area contributed by atoms with Crippen molar-refractivity contribution in [2.75, 3.05) is 19.8 Å². The first-order valence-electron chi connectivity index (χ1n) is 13.4. The van der Waals surface area contributed by atoms with Crippen molar-refractivity contribution in [1.29, 1.82) is 5.26 Å². The molecule has 0 bridgehead atoms. The molecule has 0 aliphatic carbocycles. The fraction of sp³-hybridized carbons (Fsp3) is 0.194. The van der Waals surface area contributed by atoms with Gasteiger partial charge in [0.15, 0.2) is 0 Å². The normalized spacial score (nSPS) is 14.4. The Morgan fingerprint density at radius 1 is 1.23 bits per heavy atom. The van der Waals surface area contributed by atoms with E-state index in [1.165, 1.54) is 23.6 Å². The van der Waals surface area contributed by atoms with Crippen LogP contribution in [0.15, 0.2) is 60.8 Å². The summed E-state index contributed by atoms with van der Waals surface area (Å²) in [4.78, 5) is 23.4. The smallest absolute Gasteiger partial charge is 0.246 e. The van der Waals surface area contributed by atoms with Crippen LogP contribution in [0.1, 0.15) is 24.2 Å². The molecule has 5 aromatic rings. The number of carbonyl (C=O) groups excluding carboxylic acids is 1. The first-order valence-corrected chi connectivity index (χ1v) is 14.2. The molecular weight excluding hydrogens is 574 g/mol. The summed E-state index contributed by atoms with van der Waals surface area (Å²) in [6.45, 7) is 5.80. The minimum Gasteiger partial charge on any atom is -0.490 e. The summed E-state index contributed by atoms with van der Waals surface area (Å²) < 4.78 is 38.3. The van der Waals surface area contributed by atoms with Gasteiger partial charge < -0.3 is 14.7 Å². The Bertz CT molecular complexity index is 1950. The molecule has 1 amide bonds. The van der Waals surface area contributed by atoms with Crippen molar-refractivity contribution in [3.8, 4) is 45.6 Å². The van der Waals surface area contributed by atoms with Crippen LogP contribution in [-0.2, 0) is 11.3 Å². The highest BCUT2D eigenvalue weighted by Crippen LogP contribution is 2.47. The lowest BCUT2D eigenvalue weighted by molar-refractivity contribution is -0.129. The van der Waals surface area contributed by atoms with Gasteiger partial charge in [-0.2, -0.15) is 10.4 Å². The molecule has 1 aliphatic heterocycles. The number of halogens is 2. The predicted molar refractivity (Wildman–Crippen MR) is 157 cm³/mol. The zero-order chi connectivity index (χ0) is 30.2. The van der Waals surface area contributed by atoms with Gasteiger partial charge in [-0.05, 0) is 36.6 Å². The quantitative estimate of drug-likeness (QED) is 0.246. The molecule has 0 radical (unpaired) electrons. The minimum absolute atomic E-state index is 0.0252. The van der Waals surface area contributed by atoms with Gasteiger partial charge in [-0.15, -0.1) is 11.3 Å². The van der Waals surface area contributed by atoms with Gasteiger partial charge in [-0.1, -0.05) is 6.58 Å². The molecule has 12 heteroatoms. The van der Waals surface area contributed by atoms with Crippen LogP contribution in [0.3, 0.4) is 0 Å². The second-order valence-corrected chi connectivity index (χ2v) is 10.8. The van der Waals surface area contributed by atoms with E-state index in [-0.39, 0.29) is 36.5 Å². The Hall–Kier alpha value is -4.99. The number of rotatable bonds is 7. The fourth-order valence-corrected chi connectivity index (χ4v) is 6.34. The van der Waals surface area contributed by atoms with Crippen LogP contribution in [-0.4, -0.2) is 55.4 Å². The third-order valence-corrected chi connectivity index (χ3v) is 8.26. The van der Waals surface area contributed by atoms with Crippen molar-refractivity contribution >= 4 is 27.3 Å². The van der Waals surface area contributed by atoms with Gasteiger partial charge in [0.1, 0.15) is 41.4 Å². The average Bonchev–Trinajstić information content (AvgIpc) is 3.68. The van der Waals surface area contributed by atoms with E-state index in [1.807, 2.05) is 24.4 Å². The van der Waals surface area contributed by atoms with E-state index < -0.39 is 11.6 Å². The molecule has 1 atom stereocenters. The molecule has 6 rings (SSSR count). The molecule has 0 saturated heterocycles. The second kappa shape index (κ2) is 11.4. The molecule has 1 aliphatic rings. The fourth-order valence-electron chi connectivity index (χ4n) is 5.39. The number of amides is 1. The Labute approximate surface area is 248 Å². The van der Waals surface area contributed by atoms with Gasteiger partial charge in [0.2, 0.25) is 5.91 Å². The monoisotopic (exact) mass is 598 g/mol. The van der Waals surface area contributed by atoms with Crippen molar-refractivity contribution in [3.63, 3.8) is 0 Å². The molecule has 4 aromatic heterocycles. The third kappa shape index (κ3) is 4.92. The number of thiophene rings is 1. The summed E-state index contributed by atoms with van der Waals surface area (Å²) in [7, 11) is 0. The molecule has 9 nitrogen and oxygen atoms in total. The highest BCUT2D eigenvalue weighted by molar-refractivity contribution is 7.18. The van der Waals surface area contributed by atoms with Gasteiger partial charge in [-0.3, -0.25) is 14.5 Å². The summed E-state index contributed by atoms with van der Waals surface area (Å²) in [6.07, 6.45) is 4.31. The number of nitrogens with zero attached hydrogens (tertiary/aromatic N) is 6. The Kier molecular flexibility index (Phi) is 7.43. The molecule has 0 fully saturated rings. The molecule has 0 unspecified atom stereocenters. The molecular formula is C31H24F2N6O3S. The third-order valence-electron chi connectivity index (χ3n) is 7.33. The summed E-state index contributed by atoms with van der Waals surface area (Å²) in [5, 5.41) is 26.2. The van der Waals surface area contributed by atoms with E-state index >= 15 is 4.39 Å². The summed E-state index contributed by atoms with van der Waals surface area (Å²) in [5.41, 5.74) is 3.18. The van der Waals surface area contributed by atoms with Crippen molar-refractivity contribution < 1.29 is 23.4 Å².